The van der Waals surface area contributed by atoms with Crippen molar-refractivity contribution < 1.29 is 14.0 Å². The highest BCUT2D eigenvalue weighted by atomic mass is 19.1. The maximum absolute atomic E-state index is 14.3. The second-order valence-electron chi connectivity index (χ2n) is 8.03. The van der Waals surface area contributed by atoms with Crippen LogP contribution in [0.3, 0.4) is 0 Å². The van der Waals surface area contributed by atoms with Gasteiger partial charge in [0.25, 0.3) is 0 Å². The number of carbonyl (C=O) groups is 2. The van der Waals surface area contributed by atoms with Gasteiger partial charge >= 0.3 is 0 Å². The van der Waals surface area contributed by atoms with Crippen molar-refractivity contribution in [2.24, 2.45) is 11.8 Å². The molecule has 2 aromatic rings. The lowest BCUT2D eigenvalue weighted by molar-refractivity contribution is -0.121. The number of hydrogen-bond acceptors (Lipinski definition) is 4. The van der Waals surface area contributed by atoms with E-state index in [0.29, 0.717) is 12.2 Å². The zero-order valence-electron chi connectivity index (χ0n) is 16.8. The second kappa shape index (κ2) is 9.36. The Morgan fingerprint density at radius 2 is 1.70 bits per heavy atom. The molecule has 2 fully saturated rings. The predicted molar refractivity (Wildman–Crippen MR) is 114 cm³/mol. The van der Waals surface area contributed by atoms with Crippen molar-refractivity contribution in [3.8, 4) is 0 Å². The van der Waals surface area contributed by atoms with Gasteiger partial charge in [0, 0.05) is 18.2 Å². The van der Waals surface area contributed by atoms with Gasteiger partial charge in [0.1, 0.15) is 5.82 Å². The van der Waals surface area contributed by atoms with Gasteiger partial charge < -0.3 is 10.6 Å². The SMILES string of the molecule is O=C(Nc1cc(NC(=O)C2CNNC2c2ccccc2)ccc1F)C1CCCCC1. The van der Waals surface area contributed by atoms with Gasteiger partial charge in [-0.3, -0.25) is 15.0 Å². The molecule has 1 saturated heterocycles. The van der Waals surface area contributed by atoms with E-state index in [-0.39, 0.29) is 35.4 Å². The molecular formula is C23H27FN4O2. The summed E-state index contributed by atoms with van der Waals surface area (Å²) in [7, 11) is 0. The average Bonchev–Trinajstić information content (AvgIpc) is 3.27. The molecule has 0 aromatic heterocycles. The number of halogens is 1. The molecule has 1 aliphatic carbocycles. The molecule has 2 unspecified atom stereocenters. The van der Waals surface area contributed by atoms with Crippen LogP contribution in [-0.4, -0.2) is 18.4 Å². The molecule has 0 spiro atoms. The second-order valence-corrected chi connectivity index (χ2v) is 8.03. The van der Waals surface area contributed by atoms with Crippen molar-refractivity contribution in [2.45, 2.75) is 38.1 Å². The van der Waals surface area contributed by atoms with Crippen LogP contribution in [0.5, 0.6) is 0 Å². The number of nitrogens with one attached hydrogen (secondary N) is 4. The highest BCUT2D eigenvalue weighted by Crippen LogP contribution is 2.28. The van der Waals surface area contributed by atoms with Crippen LogP contribution >= 0.6 is 0 Å². The normalized spacial score (nSPS) is 21.9. The molecule has 2 amide bonds. The van der Waals surface area contributed by atoms with Crippen molar-refractivity contribution in [3.05, 3.63) is 59.9 Å². The topological polar surface area (TPSA) is 82.3 Å². The lowest BCUT2D eigenvalue weighted by Crippen LogP contribution is -2.29. The molecule has 4 rings (SSSR count). The molecule has 6 nitrogen and oxygen atoms in total. The first-order valence-electron chi connectivity index (χ1n) is 10.6. The zero-order chi connectivity index (χ0) is 20.9. The summed E-state index contributed by atoms with van der Waals surface area (Å²) in [6, 6.07) is 13.9. The summed E-state index contributed by atoms with van der Waals surface area (Å²) in [5.41, 5.74) is 7.76. The van der Waals surface area contributed by atoms with E-state index in [1.807, 2.05) is 30.3 Å². The summed E-state index contributed by atoms with van der Waals surface area (Å²) in [5, 5.41) is 5.57. The number of hydrazine groups is 1. The fourth-order valence-corrected chi connectivity index (χ4v) is 4.25. The van der Waals surface area contributed by atoms with Gasteiger partial charge in [-0.2, -0.15) is 0 Å². The van der Waals surface area contributed by atoms with E-state index in [2.05, 4.69) is 21.5 Å². The van der Waals surface area contributed by atoms with E-state index in [9.17, 15) is 14.0 Å². The fourth-order valence-electron chi connectivity index (χ4n) is 4.25. The van der Waals surface area contributed by atoms with Crippen LogP contribution in [0.1, 0.15) is 43.7 Å². The van der Waals surface area contributed by atoms with E-state index in [0.717, 1.165) is 37.7 Å². The first-order chi connectivity index (χ1) is 14.6. The zero-order valence-corrected chi connectivity index (χ0v) is 16.8. The van der Waals surface area contributed by atoms with Crippen LogP contribution in [0.25, 0.3) is 0 Å². The van der Waals surface area contributed by atoms with Crippen molar-refractivity contribution in [1.29, 1.82) is 0 Å². The highest BCUT2D eigenvalue weighted by Gasteiger charge is 2.34. The van der Waals surface area contributed by atoms with E-state index in [4.69, 9.17) is 0 Å². The monoisotopic (exact) mass is 410 g/mol. The third-order valence-corrected chi connectivity index (χ3v) is 5.95. The lowest BCUT2D eigenvalue weighted by atomic mass is 9.88. The molecule has 0 bridgehead atoms. The number of benzene rings is 2. The van der Waals surface area contributed by atoms with Gasteiger partial charge in [0.05, 0.1) is 17.6 Å². The molecule has 2 aromatic carbocycles. The Hall–Kier alpha value is -2.77. The molecule has 158 valence electrons. The van der Waals surface area contributed by atoms with Crippen LogP contribution < -0.4 is 21.5 Å². The van der Waals surface area contributed by atoms with Gasteiger partial charge in [0.15, 0.2) is 0 Å². The molecule has 1 aliphatic heterocycles. The van der Waals surface area contributed by atoms with Gasteiger partial charge in [0.2, 0.25) is 11.8 Å². The Morgan fingerprint density at radius 3 is 2.47 bits per heavy atom. The van der Waals surface area contributed by atoms with Crippen molar-refractivity contribution >= 4 is 23.2 Å². The van der Waals surface area contributed by atoms with Gasteiger partial charge in [-0.15, -0.1) is 0 Å². The quantitative estimate of drug-likeness (QED) is 0.605. The standard InChI is InChI=1S/C23H27FN4O2/c24-19-12-11-17(13-20(19)27-22(29)16-9-5-2-6-10-16)26-23(30)18-14-25-28-21(18)15-7-3-1-4-8-15/h1,3-4,7-8,11-13,16,18,21,25,28H,2,5-6,9-10,14H2,(H,26,30)(H,27,29). The molecule has 0 radical (unpaired) electrons. The minimum Gasteiger partial charge on any atom is -0.326 e. The van der Waals surface area contributed by atoms with Crippen LogP contribution in [0.2, 0.25) is 0 Å². The van der Waals surface area contributed by atoms with E-state index in [1.54, 1.807) is 0 Å². The Morgan fingerprint density at radius 1 is 0.933 bits per heavy atom. The maximum Gasteiger partial charge on any atom is 0.230 e. The van der Waals surface area contributed by atoms with E-state index < -0.39 is 5.82 Å². The third kappa shape index (κ3) is 4.68. The summed E-state index contributed by atoms with van der Waals surface area (Å²) >= 11 is 0. The number of carbonyl (C=O) groups excluding carboxylic acids is 2. The lowest BCUT2D eigenvalue weighted by Gasteiger charge is -2.21. The third-order valence-electron chi connectivity index (χ3n) is 5.95. The van der Waals surface area contributed by atoms with Crippen LogP contribution in [-0.2, 0) is 9.59 Å². The van der Waals surface area contributed by atoms with E-state index in [1.165, 1.54) is 18.2 Å². The molecule has 2 aliphatic rings. The van der Waals surface area contributed by atoms with Gasteiger partial charge in [-0.05, 0) is 36.6 Å². The summed E-state index contributed by atoms with van der Waals surface area (Å²) in [5.74, 6) is -1.22. The maximum atomic E-state index is 14.3. The van der Waals surface area contributed by atoms with Gasteiger partial charge in [-0.1, -0.05) is 49.6 Å². The van der Waals surface area contributed by atoms with Crippen LogP contribution in [0.15, 0.2) is 48.5 Å². The Balaban J connectivity index is 1.43. The number of amides is 2. The average molecular weight is 410 g/mol. The summed E-state index contributed by atoms with van der Waals surface area (Å²) < 4.78 is 14.3. The van der Waals surface area contributed by atoms with Gasteiger partial charge in [-0.25, -0.2) is 9.82 Å². The van der Waals surface area contributed by atoms with Crippen molar-refractivity contribution in [1.82, 2.24) is 10.9 Å². The predicted octanol–water partition coefficient (Wildman–Crippen LogP) is 3.75. The molecule has 2 atom stereocenters. The number of hydrogen-bond donors (Lipinski definition) is 4. The van der Waals surface area contributed by atoms with Crippen molar-refractivity contribution in [2.75, 3.05) is 17.2 Å². The minimum atomic E-state index is -0.511. The molecule has 7 heteroatoms. The van der Waals surface area contributed by atoms with Crippen LogP contribution in [0, 0.1) is 17.7 Å². The van der Waals surface area contributed by atoms with Crippen LogP contribution in [0.4, 0.5) is 15.8 Å². The molecule has 1 heterocycles. The number of rotatable bonds is 5. The largest absolute Gasteiger partial charge is 0.326 e. The van der Waals surface area contributed by atoms with Crippen molar-refractivity contribution in [3.63, 3.8) is 0 Å². The fraction of sp³-hybridized carbons (Fsp3) is 0.391. The summed E-state index contributed by atoms with van der Waals surface area (Å²) in [6.45, 7) is 0.484. The first-order valence-corrected chi connectivity index (χ1v) is 10.6. The summed E-state index contributed by atoms with van der Waals surface area (Å²) in [4.78, 5) is 25.4. The molecule has 1 saturated carbocycles. The first kappa shape index (κ1) is 20.5. The smallest absolute Gasteiger partial charge is 0.230 e. The summed E-state index contributed by atoms with van der Waals surface area (Å²) in [6.07, 6.45) is 4.89. The Kier molecular flexibility index (Phi) is 6.40. The highest BCUT2D eigenvalue weighted by molar-refractivity contribution is 5.96. The Bertz CT molecular complexity index is 899. The minimum absolute atomic E-state index is 0.0707. The van der Waals surface area contributed by atoms with E-state index >= 15 is 0 Å². The Labute approximate surface area is 175 Å². The molecule has 4 N–H and O–H groups in total. The molecular weight excluding hydrogens is 383 g/mol. The molecule has 30 heavy (non-hydrogen) atoms. The number of anilines is 2.